The standard InChI is InChI=1S/C40H29NO22/c42-20-4-14(35(52)53)9-25(30(20)47)59-36(54)15-5-21(43)31(48)26(10-15)60-37(55)16-6-22(44)32(49)27(11-16)61-38(56)17-7-23(45)33(50)28(12-17)62-39(57)18-8-24(46)34(51)29(13-18)63-40(58)19-2-1-3-41-19/h4-13,19,41-51H,1-3H2,(H,52,53). The number of aromatic hydroxyl groups is 10. The summed E-state index contributed by atoms with van der Waals surface area (Å²) in [5.74, 6) is -22.9. The molecule has 0 bridgehead atoms. The minimum absolute atomic E-state index is 0.419. The summed E-state index contributed by atoms with van der Waals surface area (Å²) < 4.78 is 25.3. The van der Waals surface area contributed by atoms with Crippen LogP contribution in [0.15, 0.2) is 60.7 Å². The molecule has 1 aliphatic heterocycles. The summed E-state index contributed by atoms with van der Waals surface area (Å²) in [4.78, 5) is 76.1. The molecule has 0 saturated carbocycles. The van der Waals surface area contributed by atoms with Crippen LogP contribution in [0.25, 0.3) is 0 Å². The lowest BCUT2D eigenvalue weighted by atomic mass is 10.1. The molecule has 0 radical (unpaired) electrons. The van der Waals surface area contributed by atoms with Crippen LogP contribution in [-0.2, 0) is 4.79 Å². The van der Waals surface area contributed by atoms with Gasteiger partial charge < -0.3 is 85.2 Å². The zero-order valence-corrected chi connectivity index (χ0v) is 31.4. The van der Waals surface area contributed by atoms with Crippen LogP contribution in [0.3, 0.4) is 0 Å². The molecule has 0 aliphatic carbocycles. The summed E-state index contributed by atoms with van der Waals surface area (Å²) in [7, 11) is 0. The van der Waals surface area contributed by atoms with Gasteiger partial charge in [-0.1, -0.05) is 0 Å². The molecular weight excluding hydrogens is 846 g/mol. The molecule has 63 heavy (non-hydrogen) atoms. The number of carbonyl (C=O) groups excluding carboxylic acids is 5. The number of aromatic carboxylic acids is 1. The fourth-order valence-corrected chi connectivity index (χ4v) is 5.65. The van der Waals surface area contributed by atoms with Gasteiger partial charge in [-0.2, -0.15) is 0 Å². The molecule has 1 fully saturated rings. The number of carbonyl (C=O) groups is 6. The summed E-state index contributed by atoms with van der Waals surface area (Å²) in [6.07, 6.45) is 1.08. The van der Waals surface area contributed by atoms with Gasteiger partial charge in [-0.3, -0.25) is 0 Å². The first-order valence-corrected chi connectivity index (χ1v) is 17.6. The van der Waals surface area contributed by atoms with E-state index in [1.807, 2.05) is 0 Å². The highest BCUT2D eigenvalue weighted by Gasteiger charge is 2.29. The molecular formula is C40H29NO22. The van der Waals surface area contributed by atoms with E-state index in [9.17, 15) is 84.9 Å². The minimum atomic E-state index is -1.57. The fraction of sp³-hybridized carbons (Fsp3) is 0.100. The van der Waals surface area contributed by atoms with E-state index in [0.29, 0.717) is 74.0 Å². The van der Waals surface area contributed by atoms with Gasteiger partial charge in [-0.25, -0.2) is 28.8 Å². The van der Waals surface area contributed by atoms with E-state index in [0.717, 1.165) is 6.07 Å². The molecule has 1 heterocycles. The molecule has 1 aliphatic rings. The SMILES string of the molecule is O=C(O)c1cc(O)c(O)c(OC(=O)c2cc(O)c(O)c(OC(=O)c3cc(O)c(O)c(OC(=O)c4cc(O)c(O)c(OC(=O)c5cc(O)c(O)c(OC(=O)C6CCCN6)c5)c4)c3)c2)c1. The maximum absolute atomic E-state index is 13.2. The predicted octanol–water partition coefficient (Wildman–Crippen LogP) is 2.98. The predicted molar refractivity (Wildman–Crippen MR) is 202 cm³/mol. The Labute approximate surface area is 349 Å². The van der Waals surface area contributed by atoms with Crippen LogP contribution in [0.5, 0.6) is 86.2 Å². The van der Waals surface area contributed by atoms with Gasteiger partial charge in [-0.15, -0.1) is 0 Å². The Morgan fingerprint density at radius 3 is 0.952 bits per heavy atom. The van der Waals surface area contributed by atoms with Gasteiger partial charge in [0.15, 0.2) is 57.5 Å². The van der Waals surface area contributed by atoms with E-state index in [4.69, 9.17) is 23.7 Å². The number of esters is 5. The second kappa shape index (κ2) is 17.2. The zero-order chi connectivity index (χ0) is 46.0. The number of carboxylic acid groups (broad SMARTS) is 1. The normalized spacial score (nSPS) is 13.1. The molecule has 23 heteroatoms. The van der Waals surface area contributed by atoms with Crippen molar-refractivity contribution in [3.63, 3.8) is 0 Å². The molecule has 5 aromatic carbocycles. The Morgan fingerprint density at radius 1 is 0.413 bits per heavy atom. The van der Waals surface area contributed by atoms with E-state index in [-0.39, 0.29) is 0 Å². The highest BCUT2D eigenvalue weighted by atomic mass is 16.6. The Morgan fingerprint density at radius 2 is 0.683 bits per heavy atom. The lowest BCUT2D eigenvalue weighted by molar-refractivity contribution is -0.136. The highest BCUT2D eigenvalue weighted by Crippen LogP contribution is 2.43. The summed E-state index contributed by atoms with van der Waals surface area (Å²) in [6, 6.07) is 5.91. The number of rotatable bonds is 11. The number of hydrogen-bond acceptors (Lipinski definition) is 22. The molecule has 0 spiro atoms. The molecule has 23 nitrogen and oxygen atoms in total. The number of ether oxygens (including phenoxy) is 5. The number of carboxylic acids is 1. The lowest BCUT2D eigenvalue weighted by Gasteiger charge is -2.14. The average Bonchev–Trinajstić information content (AvgIpc) is 3.78. The van der Waals surface area contributed by atoms with Gasteiger partial charge in [0.2, 0.25) is 28.7 Å². The first-order chi connectivity index (χ1) is 29.7. The van der Waals surface area contributed by atoms with Gasteiger partial charge >= 0.3 is 35.8 Å². The van der Waals surface area contributed by atoms with Crippen molar-refractivity contribution in [1.82, 2.24) is 5.32 Å². The molecule has 0 aromatic heterocycles. The van der Waals surface area contributed by atoms with Crippen molar-refractivity contribution in [1.29, 1.82) is 0 Å². The van der Waals surface area contributed by atoms with Crippen LogP contribution < -0.4 is 29.0 Å². The van der Waals surface area contributed by atoms with Gasteiger partial charge in [0.05, 0.1) is 27.8 Å². The van der Waals surface area contributed by atoms with Crippen molar-refractivity contribution in [3.05, 3.63) is 88.5 Å². The van der Waals surface area contributed by atoms with Crippen molar-refractivity contribution >= 4 is 35.8 Å². The van der Waals surface area contributed by atoms with E-state index < -0.39 is 156 Å². The Bertz CT molecular complexity index is 2760. The molecule has 5 aromatic rings. The minimum Gasteiger partial charge on any atom is -0.504 e. The number of hydrogen-bond donors (Lipinski definition) is 12. The largest absolute Gasteiger partial charge is 0.504 e. The Hall–Kier alpha value is -9.12. The van der Waals surface area contributed by atoms with Gasteiger partial charge in [0.1, 0.15) is 6.04 Å². The zero-order valence-electron chi connectivity index (χ0n) is 31.4. The monoisotopic (exact) mass is 875 g/mol. The van der Waals surface area contributed by atoms with Gasteiger partial charge in [0, 0.05) is 0 Å². The van der Waals surface area contributed by atoms with E-state index in [1.54, 1.807) is 0 Å². The van der Waals surface area contributed by atoms with Crippen LogP contribution in [0.4, 0.5) is 0 Å². The quantitative estimate of drug-likeness (QED) is 0.0515. The topological polar surface area (TPSA) is 383 Å². The summed E-state index contributed by atoms with van der Waals surface area (Å²) in [5, 5.41) is 114. The van der Waals surface area contributed by atoms with Crippen LogP contribution in [-0.4, -0.2) is 105 Å². The molecule has 1 saturated heterocycles. The van der Waals surface area contributed by atoms with Crippen molar-refractivity contribution < 1.29 is 109 Å². The van der Waals surface area contributed by atoms with E-state index >= 15 is 0 Å². The third kappa shape index (κ3) is 9.22. The summed E-state index contributed by atoms with van der Waals surface area (Å²) in [6.45, 7) is 0.524. The number of phenols is 10. The maximum Gasteiger partial charge on any atom is 0.343 e. The molecule has 0 amide bonds. The molecule has 6 rings (SSSR count). The first-order valence-electron chi connectivity index (χ1n) is 17.6. The molecule has 326 valence electrons. The van der Waals surface area contributed by atoms with Crippen LogP contribution >= 0.6 is 0 Å². The highest BCUT2D eigenvalue weighted by molar-refractivity contribution is 5.98. The third-order valence-corrected chi connectivity index (χ3v) is 8.83. The first kappa shape index (κ1) is 43.5. The number of nitrogens with one attached hydrogen (secondary N) is 1. The number of phenolic OH excluding ortho intramolecular Hbond substituents is 10. The molecule has 1 unspecified atom stereocenters. The van der Waals surface area contributed by atoms with E-state index in [1.165, 1.54) is 0 Å². The Kier molecular flexibility index (Phi) is 11.9. The lowest BCUT2D eigenvalue weighted by Crippen LogP contribution is -2.34. The van der Waals surface area contributed by atoms with Crippen LogP contribution in [0, 0.1) is 0 Å². The molecule has 12 N–H and O–H groups in total. The van der Waals surface area contributed by atoms with Crippen molar-refractivity contribution in [2.45, 2.75) is 18.9 Å². The summed E-state index contributed by atoms with van der Waals surface area (Å²) >= 11 is 0. The van der Waals surface area contributed by atoms with Gasteiger partial charge in [-0.05, 0) is 80.1 Å². The smallest absolute Gasteiger partial charge is 0.343 e. The molecule has 1 atom stereocenters. The van der Waals surface area contributed by atoms with Crippen molar-refractivity contribution in [2.75, 3.05) is 6.54 Å². The van der Waals surface area contributed by atoms with Gasteiger partial charge in [0.25, 0.3) is 0 Å². The summed E-state index contributed by atoms with van der Waals surface area (Å²) in [5.41, 5.74) is -3.26. The van der Waals surface area contributed by atoms with Crippen LogP contribution in [0.2, 0.25) is 0 Å². The second-order valence-corrected chi connectivity index (χ2v) is 13.1. The second-order valence-electron chi connectivity index (χ2n) is 13.1. The Balaban J connectivity index is 1.20. The average molecular weight is 876 g/mol. The third-order valence-electron chi connectivity index (χ3n) is 8.83. The van der Waals surface area contributed by atoms with E-state index in [2.05, 4.69) is 5.32 Å². The fourth-order valence-electron chi connectivity index (χ4n) is 5.65. The number of benzene rings is 5. The maximum atomic E-state index is 13.2. The van der Waals surface area contributed by atoms with Crippen LogP contribution in [0.1, 0.15) is 64.6 Å². The van der Waals surface area contributed by atoms with Crippen molar-refractivity contribution in [2.24, 2.45) is 0 Å². The van der Waals surface area contributed by atoms with Crippen molar-refractivity contribution in [3.8, 4) is 86.2 Å².